The first-order chi connectivity index (χ1) is 10.2. The molecule has 2 aliphatic rings. The summed E-state index contributed by atoms with van der Waals surface area (Å²) >= 11 is 0. The van der Waals surface area contributed by atoms with Crippen molar-refractivity contribution in [2.75, 3.05) is 13.2 Å². The van der Waals surface area contributed by atoms with Crippen molar-refractivity contribution >= 4 is 0 Å². The third-order valence-electron chi connectivity index (χ3n) is 4.73. The van der Waals surface area contributed by atoms with Crippen molar-refractivity contribution in [1.29, 1.82) is 0 Å². The molecular weight excluding hydrogens is 264 g/mol. The lowest BCUT2D eigenvalue weighted by atomic mass is 9.87. The highest BCUT2D eigenvalue weighted by atomic mass is 16.5. The van der Waals surface area contributed by atoms with E-state index in [9.17, 15) is 10.2 Å². The van der Waals surface area contributed by atoms with E-state index in [-0.39, 0.29) is 12.2 Å². The number of hydrogen-bond acceptors (Lipinski definition) is 3. The topological polar surface area (TPSA) is 49.7 Å². The smallest absolute Gasteiger partial charge is 0.0651 e. The van der Waals surface area contributed by atoms with Gasteiger partial charge in [-0.05, 0) is 63.2 Å². The zero-order chi connectivity index (χ0) is 14.9. The molecule has 0 saturated heterocycles. The van der Waals surface area contributed by atoms with Crippen molar-refractivity contribution in [3.63, 3.8) is 0 Å². The summed E-state index contributed by atoms with van der Waals surface area (Å²) in [5, 5.41) is 18.9. The van der Waals surface area contributed by atoms with E-state index >= 15 is 0 Å². The fourth-order valence-corrected chi connectivity index (χ4v) is 3.29. The summed E-state index contributed by atoms with van der Waals surface area (Å²) in [6, 6.07) is 0. The van der Waals surface area contributed by atoms with Gasteiger partial charge in [-0.2, -0.15) is 0 Å². The van der Waals surface area contributed by atoms with Crippen LogP contribution >= 0.6 is 0 Å². The molecule has 2 N–H and O–H groups in total. The van der Waals surface area contributed by atoms with Crippen molar-refractivity contribution in [2.45, 2.75) is 63.6 Å². The lowest BCUT2D eigenvalue weighted by Gasteiger charge is -2.22. The Kier molecular flexibility index (Phi) is 7.48. The van der Waals surface area contributed by atoms with Crippen molar-refractivity contribution in [3.8, 4) is 0 Å². The Bertz CT molecular complexity index is 289. The van der Waals surface area contributed by atoms with Crippen LogP contribution in [0.5, 0.6) is 0 Å². The van der Waals surface area contributed by atoms with Gasteiger partial charge in [-0.3, -0.25) is 0 Å². The van der Waals surface area contributed by atoms with Gasteiger partial charge < -0.3 is 14.9 Å². The molecular formula is C18H30O3. The Hall–Kier alpha value is -0.640. The average molecular weight is 294 g/mol. The molecule has 0 bridgehead atoms. The highest BCUT2D eigenvalue weighted by Gasteiger charge is 2.17. The van der Waals surface area contributed by atoms with E-state index in [4.69, 9.17) is 4.74 Å². The molecule has 0 aromatic carbocycles. The van der Waals surface area contributed by atoms with E-state index in [0.29, 0.717) is 25.0 Å². The van der Waals surface area contributed by atoms with Gasteiger partial charge in [-0.1, -0.05) is 24.3 Å². The molecule has 0 heterocycles. The van der Waals surface area contributed by atoms with Gasteiger partial charge in [0, 0.05) is 0 Å². The van der Waals surface area contributed by atoms with Crippen LogP contribution in [0.3, 0.4) is 0 Å². The second-order valence-corrected chi connectivity index (χ2v) is 6.53. The molecule has 0 unspecified atom stereocenters. The van der Waals surface area contributed by atoms with Gasteiger partial charge in [0.25, 0.3) is 0 Å². The second-order valence-electron chi connectivity index (χ2n) is 6.53. The summed E-state index contributed by atoms with van der Waals surface area (Å²) in [4.78, 5) is 0. The lowest BCUT2D eigenvalue weighted by molar-refractivity contribution is 0.117. The number of hydrogen-bond donors (Lipinski definition) is 2. The maximum Gasteiger partial charge on any atom is 0.0651 e. The van der Waals surface area contributed by atoms with E-state index in [1.807, 2.05) is 0 Å². The van der Waals surface area contributed by atoms with Gasteiger partial charge in [-0.25, -0.2) is 0 Å². The molecule has 3 nitrogen and oxygen atoms in total. The number of rotatable bonds is 6. The molecule has 0 aliphatic heterocycles. The summed E-state index contributed by atoms with van der Waals surface area (Å²) in [6.07, 6.45) is 16.8. The molecule has 3 heteroatoms. The van der Waals surface area contributed by atoms with Crippen LogP contribution in [0, 0.1) is 11.8 Å². The van der Waals surface area contributed by atoms with Crippen LogP contribution in [0.1, 0.15) is 51.4 Å². The summed E-state index contributed by atoms with van der Waals surface area (Å²) in [5.74, 6) is 1.25. The molecule has 0 radical (unpaired) electrons. The van der Waals surface area contributed by atoms with Crippen molar-refractivity contribution in [1.82, 2.24) is 0 Å². The zero-order valence-electron chi connectivity index (χ0n) is 13.0. The fourth-order valence-electron chi connectivity index (χ4n) is 3.29. The Morgan fingerprint density at radius 1 is 0.667 bits per heavy atom. The van der Waals surface area contributed by atoms with Crippen LogP contribution in [-0.2, 0) is 4.74 Å². The molecule has 2 rings (SSSR count). The molecule has 120 valence electrons. The van der Waals surface area contributed by atoms with E-state index < -0.39 is 0 Å². The standard InChI is InChI=1S/C18H30O3/c19-17-9-5-15(6-10-17)3-1-13-21-14-2-4-16-7-11-18(20)12-8-16/h1-4,15-20H,5-14H2. The van der Waals surface area contributed by atoms with Crippen LogP contribution in [0.15, 0.2) is 24.3 Å². The van der Waals surface area contributed by atoms with Crippen LogP contribution in [0.2, 0.25) is 0 Å². The zero-order valence-corrected chi connectivity index (χ0v) is 13.0. The van der Waals surface area contributed by atoms with Gasteiger partial charge in [-0.15, -0.1) is 0 Å². The molecule has 0 aromatic heterocycles. The first-order valence-electron chi connectivity index (χ1n) is 8.51. The average Bonchev–Trinajstić information content (AvgIpc) is 2.50. The Morgan fingerprint density at radius 3 is 1.43 bits per heavy atom. The third kappa shape index (κ3) is 6.77. The molecule has 0 amide bonds. The van der Waals surface area contributed by atoms with Gasteiger partial charge in [0.1, 0.15) is 0 Å². The predicted octanol–water partition coefficient (Wildman–Crippen LogP) is 3.22. The quantitative estimate of drug-likeness (QED) is 0.584. The summed E-state index contributed by atoms with van der Waals surface area (Å²) < 4.78 is 5.59. The maximum absolute atomic E-state index is 9.45. The summed E-state index contributed by atoms with van der Waals surface area (Å²) in [7, 11) is 0. The van der Waals surface area contributed by atoms with Crippen LogP contribution in [-0.4, -0.2) is 35.6 Å². The fraction of sp³-hybridized carbons (Fsp3) is 0.778. The Morgan fingerprint density at radius 2 is 1.05 bits per heavy atom. The minimum absolute atomic E-state index is 0.0723. The highest BCUT2D eigenvalue weighted by molar-refractivity contribution is 4.93. The molecule has 0 spiro atoms. The molecule has 2 fully saturated rings. The van der Waals surface area contributed by atoms with Crippen molar-refractivity contribution < 1.29 is 14.9 Å². The van der Waals surface area contributed by atoms with Crippen molar-refractivity contribution in [3.05, 3.63) is 24.3 Å². The van der Waals surface area contributed by atoms with Crippen LogP contribution in [0.25, 0.3) is 0 Å². The minimum atomic E-state index is -0.0723. The number of allylic oxidation sites excluding steroid dienone is 2. The monoisotopic (exact) mass is 294 g/mol. The number of aliphatic hydroxyl groups is 2. The van der Waals surface area contributed by atoms with Gasteiger partial charge in [0.15, 0.2) is 0 Å². The summed E-state index contributed by atoms with van der Waals surface area (Å²) in [6.45, 7) is 1.35. The highest BCUT2D eigenvalue weighted by Crippen LogP contribution is 2.25. The molecule has 0 atom stereocenters. The van der Waals surface area contributed by atoms with Crippen molar-refractivity contribution in [2.24, 2.45) is 11.8 Å². The van der Waals surface area contributed by atoms with Crippen LogP contribution < -0.4 is 0 Å². The normalized spacial score (nSPS) is 34.8. The SMILES string of the molecule is OC1CCC(C=CCOCC=CC2CCC(O)CC2)CC1. The Balaban J connectivity index is 1.49. The molecule has 21 heavy (non-hydrogen) atoms. The molecule has 0 aromatic rings. The lowest BCUT2D eigenvalue weighted by Crippen LogP contribution is -2.16. The van der Waals surface area contributed by atoms with Gasteiger partial charge in [0.2, 0.25) is 0 Å². The third-order valence-corrected chi connectivity index (χ3v) is 4.73. The number of ether oxygens (including phenoxy) is 1. The van der Waals surface area contributed by atoms with Gasteiger partial charge in [0.05, 0.1) is 25.4 Å². The predicted molar refractivity (Wildman–Crippen MR) is 85.0 cm³/mol. The molecule has 2 saturated carbocycles. The Labute approximate surface area is 128 Å². The second kappa shape index (κ2) is 9.39. The molecule has 2 aliphatic carbocycles. The number of aliphatic hydroxyl groups excluding tert-OH is 2. The van der Waals surface area contributed by atoms with E-state index in [1.165, 1.54) is 0 Å². The van der Waals surface area contributed by atoms with E-state index in [0.717, 1.165) is 51.4 Å². The van der Waals surface area contributed by atoms with E-state index in [1.54, 1.807) is 0 Å². The van der Waals surface area contributed by atoms with Gasteiger partial charge >= 0.3 is 0 Å². The van der Waals surface area contributed by atoms with Crippen LogP contribution in [0.4, 0.5) is 0 Å². The minimum Gasteiger partial charge on any atom is -0.393 e. The van der Waals surface area contributed by atoms with E-state index in [2.05, 4.69) is 24.3 Å². The first-order valence-corrected chi connectivity index (χ1v) is 8.51. The first kappa shape index (κ1) is 16.7. The summed E-state index contributed by atoms with van der Waals surface area (Å²) in [5.41, 5.74) is 0. The largest absolute Gasteiger partial charge is 0.393 e. The maximum atomic E-state index is 9.45.